The molecule has 0 aromatic heterocycles. The number of aliphatic hydroxyl groups excluding tert-OH is 1. The van der Waals surface area contributed by atoms with Crippen LogP contribution in [0, 0.1) is 11.8 Å². The zero-order valence-electron chi connectivity index (χ0n) is 9.52. The Labute approximate surface area is 96.7 Å². The predicted molar refractivity (Wildman–Crippen MR) is 67.3 cm³/mol. The third-order valence-corrected chi connectivity index (χ3v) is 3.51. The van der Waals surface area contributed by atoms with Gasteiger partial charge in [0.2, 0.25) is 0 Å². The number of hydrogen-bond acceptors (Lipinski definition) is 3. The van der Waals surface area contributed by atoms with Crippen LogP contribution >= 0.6 is 0 Å². The Morgan fingerprint density at radius 1 is 1.31 bits per heavy atom. The first kappa shape index (κ1) is 11.3. The lowest BCUT2D eigenvalue weighted by molar-refractivity contribution is 0.199. The molecule has 0 spiro atoms. The number of nitrogens with two attached hydrogens (primary N) is 1. The molecular weight excluding hydrogens is 200 g/mol. The quantitative estimate of drug-likeness (QED) is 0.681. The van der Waals surface area contributed by atoms with Crippen LogP contribution < -0.4 is 11.1 Å². The summed E-state index contributed by atoms with van der Waals surface area (Å²) in [5, 5.41) is 12.6. The lowest BCUT2D eigenvalue weighted by atomic mass is 9.97. The Balaban J connectivity index is 1.87. The molecule has 1 fully saturated rings. The van der Waals surface area contributed by atoms with Crippen LogP contribution in [-0.4, -0.2) is 18.3 Å². The van der Waals surface area contributed by atoms with E-state index in [0.29, 0.717) is 18.4 Å². The smallest absolute Gasteiger partial charge is 0.0462 e. The number of nitrogens with one attached hydrogen (secondary N) is 1. The molecule has 1 aliphatic rings. The molecule has 0 saturated heterocycles. The van der Waals surface area contributed by atoms with Crippen molar-refractivity contribution in [1.29, 1.82) is 0 Å². The van der Waals surface area contributed by atoms with E-state index in [1.54, 1.807) is 0 Å². The molecule has 0 aliphatic heterocycles. The van der Waals surface area contributed by atoms with Crippen LogP contribution in [0.2, 0.25) is 0 Å². The van der Waals surface area contributed by atoms with Crippen molar-refractivity contribution in [1.82, 2.24) is 0 Å². The van der Waals surface area contributed by atoms with E-state index >= 15 is 0 Å². The Bertz CT molecular complexity index is 340. The second-order valence-corrected chi connectivity index (χ2v) is 4.64. The summed E-state index contributed by atoms with van der Waals surface area (Å²) in [4.78, 5) is 0. The molecular formula is C13H20N2O. The van der Waals surface area contributed by atoms with E-state index in [1.807, 2.05) is 24.3 Å². The van der Waals surface area contributed by atoms with Gasteiger partial charge in [-0.15, -0.1) is 0 Å². The van der Waals surface area contributed by atoms with Crippen molar-refractivity contribution >= 4 is 11.4 Å². The Morgan fingerprint density at radius 2 is 2.12 bits per heavy atom. The van der Waals surface area contributed by atoms with Crippen LogP contribution in [0.15, 0.2) is 24.3 Å². The maximum atomic E-state index is 9.23. The second-order valence-electron chi connectivity index (χ2n) is 4.64. The Kier molecular flexibility index (Phi) is 3.67. The maximum Gasteiger partial charge on any atom is 0.0462 e. The summed E-state index contributed by atoms with van der Waals surface area (Å²) in [6.45, 7) is 1.26. The molecule has 3 heteroatoms. The van der Waals surface area contributed by atoms with Gasteiger partial charge in [0.05, 0.1) is 0 Å². The van der Waals surface area contributed by atoms with E-state index in [1.165, 1.54) is 19.3 Å². The first-order valence-corrected chi connectivity index (χ1v) is 6.00. The summed E-state index contributed by atoms with van der Waals surface area (Å²) < 4.78 is 0. The van der Waals surface area contributed by atoms with Gasteiger partial charge in [-0.2, -0.15) is 0 Å². The van der Waals surface area contributed by atoms with Crippen LogP contribution in [0.25, 0.3) is 0 Å². The van der Waals surface area contributed by atoms with Crippen molar-refractivity contribution in [3.05, 3.63) is 24.3 Å². The number of rotatable bonds is 4. The Morgan fingerprint density at radius 3 is 2.88 bits per heavy atom. The molecule has 0 amide bonds. The highest BCUT2D eigenvalue weighted by atomic mass is 16.3. The lowest BCUT2D eigenvalue weighted by Crippen LogP contribution is -2.20. The van der Waals surface area contributed by atoms with Gasteiger partial charge in [0.15, 0.2) is 0 Å². The van der Waals surface area contributed by atoms with E-state index in [2.05, 4.69) is 5.32 Å². The van der Waals surface area contributed by atoms with Crippen LogP contribution in [0.5, 0.6) is 0 Å². The Hall–Kier alpha value is -1.22. The molecule has 16 heavy (non-hydrogen) atoms. The van der Waals surface area contributed by atoms with Gasteiger partial charge < -0.3 is 16.2 Å². The topological polar surface area (TPSA) is 58.3 Å². The van der Waals surface area contributed by atoms with Gasteiger partial charge in [-0.3, -0.25) is 0 Å². The van der Waals surface area contributed by atoms with Gasteiger partial charge >= 0.3 is 0 Å². The average Bonchev–Trinajstić information content (AvgIpc) is 2.74. The predicted octanol–water partition coefficient (Wildman–Crippen LogP) is 2.09. The molecule has 0 bridgehead atoms. The molecule has 0 radical (unpaired) electrons. The molecule has 0 heterocycles. The van der Waals surface area contributed by atoms with Crippen molar-refractivity contribution in [2.45, 2.75) is 19.3 Å². The molecule has 1 saturated carbocycles. The fourth-order valence-corrected chi connectivity index (χ4v) is 2.52. The van der Waals surface area contributed by atoms with Gasteiger partial charge in [0, 0.05) is 24.5 Å². The van der Waals surface area contributed by atoms with E-state index in [4.69, 9.17) is 5.73 Å². The standard InChI is InChI=1S/C13H20N2O/c14-12-5-2-6-13(7-12)15-8-10-3-1-4-11(10)9-16/h2,5-7,10-11,15-16H,1,3-4,8-9,14H2. The number of benzene rings is 1. The molecule has 3 nitrogen and oxygen atoms in total. The fourth-order valence-electron chi connectivity index (χ4n) is 2.52. The summed E-state index contributed by atoms with van der Waals surface area (Å²) >= 11 is 0. The molecule has 2 atom stereocenters. The largest absolute Gasteiger partial charge is 0.399 e. The minimum absolute atomic E-state index is 0.323. The SMILES string of the molecule is Nc1cccc(NCC2CCCC2CO)c1. The normalized spacial score (nSPS) is 24.6. The molecule has 2 unspecified atom stereocenters. The average molecular weight is 220 g/mol. The summed E-state index contributed by atoms with van der Waals surface area (Å²) in [5.41, 5.74) is 7.58. The molecule has 1 aromatic rings. The van der Waals surface area contributed by atoms with Crippen molar-refractivity contribution in [3.63, 3.8) is 0 Å². The first-order chi connectivity index (χ1) is 7.79. The molecule has 4 N–H and O–H groups in total. The summed E-state index contributed by atoms with van der Waals surface area (Å²) in [6.07, 6.45) is 3.63. The van der Waals surface area contributed by atoms with Gasteiger partial charge in [-0.25, -0.2) is 0 Å². The van der Waals surface area contributed by atoms with E-state index in [0.717, 1.165) is 17.9 Å². The van der Waals surface area contributed by atoms with Crippen LogP contribution in [0.4, 0.5) is 11.4 Å². The number of hydrogen-bond donors (Lipinski definition) is 3. The minimum Gasteiger partial charge on any atom is -0.399 e. The summed E-state index contributed by atoms with van der Waals surface area (Å²) in [7, 11) is 0. The molecule has 88 valence electrons. The minimum atomic E-state index is 0.323. The van der Waals surface area contributed by atoms with Crippen molar-refractivity contribution in [2.24, 2.45) is 11.8 Å². The van der Waals surface area contributed by atoms with Gasteiger partial charge in [-0.1, -0.05) is 12.5 Å². The highest BCUT2D eigenvalue weighted by Crippen LogP contribution is 2.31. The molecule has 1 aromatic carbocycles. The van der Waals surface area contributed by atoms with Gasteiger partial charge in [0.1, 0.15) is 0 Å². The van der Waals surface area contributed by atoms with E-state index in [9.17, 15) is 5.11 Å². The molecule has 1 aliphatic carbocycles. The van der Waals surface area contributed by atoms with Crippen LogP contribution in [0.1, 0.15) is 19.3 Å². The fraction of sp³-hybridized carbons (Fsp3) is 0.538. The van der Waals surface area contributed by atoms with Crippen molar-refractivity contribution in [3.8, 4) is 0 Å². The van der Waals surface area contributed by atoms with Gasteiger partial charge in [-0.05, 0) is 42.9 Å². The van der Waals surface area contributed by atoms with Crippen LogP contribution in [0.3, 0.4) is 0 Å². The third-order valence-electron chi connectivity index (χ3n) is 3.51. The highest BCUT2D eigenvalue weighted by molar-refractivity contribution is 5.54. The number of anilines is 2. The second kappa shape index (κ2) is 5.21. The zero-order valence-corrected chi connectivity index (χ0v) is 9.52. The molecule has 2 rings (SSSR count). The van der Waals surface area contributed by atoms with Crippen molar-refractivity contribution in [2.75, 3.05) is 24.2 Å². The summed E-state index contributed by atoms with van der Waals surface area (Å²) in [5.74, 6) is 1.08. The number of aliphatic hydroxyl groups is 1. The third kappa shape index (κ3) is 2.67. The monoisotopic (exact) mass is 220 g/mol. The summed E-state index contributed by atoms with van der Waals surface area (Å²) in [6, 6.07) is 7.81. The van der Waals surface area contributed by atoms with E-state index < -0.39 is 0 Å². The van der Waals surface area contributed by atoms with Crippen LogP contribution in [-0.2, 0) is 0 Å². The van der Waals surface area contributed by atoms with Gasteiger partial charge in [0.25, 0.3) is 0 Å². The highest BCUT2D eigenvalue weighted by Gasteiger charge is 2.25. The van der Waals surface area contributed by atoms with E-state index in [-0.39, 0.29) is 0 Å². The maximum absolute atomic E-state index is 9.23. The lowest BCUT2D eigenvalue weighted by Gasteiger charge is -2.18. The zero-order chi connectivity index (χ0) is 11.4. The number of nitrogen functional groups attached to an aromatic ring is 1. The van der Waals surface area contributed by atoms with Crippen molar-refractivity contribution < 1.29 is 5.11 Å². The first-order valence-electron chi connectivity index (χ1n) is 6.00.